The molecule has 1 N–H and O–H groups in total. The fraction of sp³-hybridized carbons (Fsp3) is 0.682. The van der Waals surface area contributed by atoms with Crippen molar-refractivity contribution < 1.29 is 14.6 Å². The van der Waals surface area contributed by atoms with Crippen molar-refractivity contribution in [1.29, 1.82) is 0 Å². The van der Waals surface area contributed by atoms with Crippen molar-refractivity contribution in [2.24, 2.45) is 5.92 Å². The number of hydrogen-bond acceptors (Lipinski definition) is 5. The Kier molecular flexibility index (Phi) is 6.01. The lowest BCUT2D eigenvalue weighted by molar-refractivity contribution is -0.148. The average Bonchev–Trinajstić information content (AvgIpc) is 2.74. The molecule has 0 bridgehead atoms. The first-order valence-electron chi connectivity index (χ1n) is 10.6. The van der Waals surface area contributed by atoms with Gasteiger partial charge in [0, 0.05) is 64.4 Å². The van der Waals surface area contributed by atoms with E-state index in [2.05, 4.69) is 45.9 Å². The molecule has 3 saturated heterocycles. The number of aliphatic hydroxyl groups is 1. The monoisotopic (exact) mass is 387 g/mol. The highest BCUT2D eigenvalue weighted by Crippen LogP contribution is 2.30. The molecule has 1 aromatic carbocycles. The van der Waals surface area contributed by atoms with Crippen LogP contribution in [0.4, 0.5) is 0 Å². The summed E-state index contributed by atoms with van der Waals surface area (Å²) >= 11 is 0. The molecule has 1 amide bonds. The fourth-order valence-electron chi connectivity index (χ4n) is 5.16. The van der Waals surface area contributed by atoms with E-state index < -0.39 is 0 Å². The summed E-state index contributed by atoms with van der Waals surface area (Å²) < 4.78 is 5.42. The lowest BCUT2D eigenvalue weighted by Crippen LogP contribution is -2.72. The van der Waals surface area contributed by atoms with Crippen LogP contribution in [0.25, 0.3) is 0 Å². The summed E-state index contributed by atoms with van der Waals surface area (Å²) in [6.07, 6.45) is 1.69. The van der Waals surface area contributed by atoms with Gasteiger partial charge in [0.05, 0.1) is 12.1 Å². The highest BCUT2D eigenvalue weighted by molar-refractivity contribution is 5.79. The summed E-state index contributed by atoms with van der Waals surface area (Å²) in [5.74, 6) is 0.419. The van der Waals surface area contributed by atoms with Gasteiger partial charge in [-0.25, -0.2) is 0 Å². The lowest BCUT2D eigenvalue weighted by Gasteiger charge is -2.56. The first-order valence-corrected chi connectivity index (χ1v) is 10.6. The minimum absolute atomic E-state index is 0.119. The van der Waals surface area contributed by atoms with Gasteiger partial charge in [0.15, 0.2) is 0 Å². The molecule has 2 atom stereocenters. The predicted molar refractivity (Wildman–Crippen MR) is 108 cm³/mol. The topological polar surface area (TPSA) is 56.3 Å². The molecule has 0 aromatic heterocycles. The van der Waals surface area contributed by atoms with Gasteiger partial charge < -0.3 is 14.7 Å². The number of piperazine rings is 2. The summed E-state index contributed by atoms with van der Waals surface area (Å²) in [4.78, 5) is 20.0. The van der Waals surface area contributed by atoms with Crippen molar-refractivity contribution in [3.05, 3.63) is 35.9 Å². The molecule has 0 radical (unpaired) electrons. The van der Waals surface area contributed by atoms with Crippen LogP contribution in [0, 0.1) is 5.92 Å². The molecule has 3 heterocycles. The third-order valence-electron chi connectivity index (χ3n) is 6.68. The predicted octanol–water partition coefficient (Wildman–Crippen LogP) is 1.19. The number of aliphatic hydroxyl groups excluding tert-OH is 1. The van der Waals surface area contributed by atoms with Crippen LogP contribution in [0.15, 0.2) is 30.3 Å². The molecule has 3 aliphatic rings. The number of hydrogen-bond donors (Lipinski definition) is 1. The van der Waals surface area contributed by atoms with E-state index in [1.807, 2.05) is 6.07 Å². The molecule has 6 heteroatoms. The van der Waals surface area contributed by atoms with Gasteiger partial charge in [-0.2, -0.15) is 0 Å². The molecular formula is C22H33N3O3. The van der Waals surface area contributed by atoms with Crippen molar-refractivity contribution in [1.82, 2.24) is 14.7 Å². The van der Waals surface area contributed by atoms with E-state index in [4.69, 9.17) is 4.74 Å². The number of nitrogens with zero attached hydrogens (tertiary/aromatic N) is 3. The van der Waals surface area contributed by atoms with Gasteiger partial charge >= 0.3 is 0 Å². The molecule has 0 unspecified atom stereocenters. The van der Waals surface area contributed by atoms with E-state index in [1.54, 1.807) is 0 Å². The Balaban J connectivity index is 1.45. The van der Waals surface area contributed by atoms with Crippen LogP contribution in [0.5, 0.6) is 0 Å². The third kappa shape index (κ3) is 4.10. The molecular weight excluding hydrogens is 354 g/mol. The minimum atomic E-state index is -0.258. The van der Waals surface area contributed by atoms with Gasteiger partial charge in [-0.1, -0.05) is 30.3 Å². The second-order valence-electron chi connectivity index (χ2n) is 8.83. The lowest BCUT2D eigenvalue weighted by atomic mass is 9.90. The molecule has 3 aliphatic heterocycles. The van der Waals surface area contributed by atoms with Crippen LogP contribution in [-0.4, -0.2) is 89.8 Å². The molecule has 0 aliphatic carbocycles. The number of fused-ring (bicyclic) bond motifs is 1. The van der Waals surface area contributed by atoms with Crippen LogP contribution in [-0.2, 0) is 16.1 Å². The largest absolute Gasteiger partial charge is 0.394 e. The second kappa shape index (κ2) is 8.49. The smallest absolute Gasteiger partial charge is 0.225 e. The van der Waals surface area contributed by atoms with E-state index in [0.717, 1.165) is 52.1 Å². The van der Waals surface area contributed by atoms with Gasteiger partial charge in [0.2, 0.25) is 5.91 Å². The van der Waals surface area contributed by atoms with Gasteiger partial charge in [-0.3, -0.25) is 14.6 Å². The van der Waals surface area contributed by atoms with Gasteiger partial charge in [-0.05, 0) is 25.3 Å². The first kappa shape index (κ1) is 19.8. The number of rotatable bonds is 4. The Labute approximate surface area is 168 Å². The fourth-order valence-corrected chi connectivity index (χ4v) is 5.16. The summed E-state index contributed by atoms with van der Waals surface area (Å²) in [6, 6.07) is 10.8. The van der Waals surface area contributed by atoms with Crippen molar-refractivity contribution in [3.8, 4) is 0 Å². The summed E-state index contributed by atoms with van der Waals surface area (Å²) in [5.41, 5.74) is 1.04. The Hall–Kier alpha value is -1.47. The van der Waals surface area contributed by atoms with Gasteiger partial charge in [0.1, 0.15) is 0 Å². The number of amides is 1. The summed E-state index contributed by atoms with van der Waals surface area (Å²) in [5, 5.41) is 10.2. The Morgan fingerprint density at radius 3 is 2.64 bits per heavy atom. The van der Waals surface area contributed by atoms with Crippen LogP contribution in [0.3, 0.4) is 0 Å². The molecule has 3 fully saturated rings. The zero-order chi connectivity index (χ0) is 19.6. The second-order valence-corrected chi connectivity index (χ2v) is 8.83. The minimum Gasteiger partial charge on any atom is -0.394 e. The third-order valence-corrected chi connectivity index (χ3v) is 6.68. The van der Waals surface area contributed by atoms with E-state index in [0.29, 0.717) is 19.1 Å². The van der Waals surface area contributed by atoms with Gasteiger partial charge in [0.25, 0.3) is 0 Å². The standard InChI is InChI=1S/C22H33N3O3/c1-22(17-26)16-23(13-18-5-3-2-4-6-18)14-20-15-24(9-10-25(20)22)21(27)19-7-11-28-12-8-19/h2-6,19-20,26H,7-17H2,1H3/t20-,22+/m1/s1. The van der Waals surface area contributed by atoms with Crippen molar-refractivity contribution in [3.63, 3.8) is 0 Å². The number of ether oxygens (including phenoxy) is 1. The van der Waals surface area contributed by atoms with E-state index in [1.165, 1.54) is 5.56 Å². The van der Waals surface area contributed by atoms with Crippen LogP contribution in [0.1, 0.15) is 25.3 Å². The van der Waals surface area contributed by atoms with Crippen molar-refractivity contribution in [2.45, 2.75) is 37.9 Å². The molecule has 0 saturated carbocycles. The maximum Gasteiger partial charge on any atom is 0.225 e. The van der Waals surface area contributed by atoms with Crippen LogP contribution >= 0.6 is 0 Å². The normalized spacial score (nSPS) is 30.2. The van der Waals surface area contributed by atoms with Gasteiger partial charge in [-0.15, -0.1) is 0 Å². The first-order chi connectivity index (χ1) is 13.6. The zero-order valence-corrected chi connectivity index (χ0v) is 16.9. The molecule has 4 rings (SSSR count). The molecule has 6 nitrogen and oxygen atoms in total. The molecule has 1 aromatic rings. The average molecular weight is 388 g/mol. The number of carbonyl (C=O) groups excluding carboxylic acids is 1. The SMILES string of the molecule is C[C@@]1(CO)CN(Cc2ccccc2)C[C@@H]2CN(C(=O)C3CCOCC3)CCN21. The van der Waals surface area contributed by atoms with Crippen molar-refractivity contribution in [2.75, 3.05) is 52.5 Å². The highest BCUT2D eigenvalue weighted by Gasteiger charge is 2.46. The highest BCUT2D eigenvalue weighted by atomic mass is 16.5. The van der Waals surface area contributed by atoms with Crippen LogP contribution in [0.2, 0.25) is 0 Å². The van der Waals surface area contributed by atoms with E-state index >= 15 is 0 Å². The zero-order valence-electron chi connectivity index (χ0n) is 16.9. The Bertz CT molecular complexity index is 664. The number of carbonyl (C=O) groups is 1. The Morgan fingerprint density at radius 2 is 1.93 bits per heavy atom. The van der Waals surface area contributed by atoms with E-state index in [-0.39, 0.29) is 24.1 Å². The van der Waals surface area contributed by atoms with Crippen LogP contribution < -0.4 is 0 Å². The molecule has 28 heavy (non-hydrogen) atoms. The maximum atomic E-state index is 13.0. The molecule has 154 valence electrons. The van der Waals surface area contributed by atoms with Crippen molar-refractivity contribution >= 4 is 5.91 Å². The summed E-state index contributed by atoms with van der Waals surface area (Å²) in [6.45, 7) is 8.74. The maximum absolute atomic E-state index is 13.0. The summed E-state index contributed by atoms with van der Waals surface area (Å²) in [7, 11) is 0. The molecule has 0 spiro atoms. The quantitative estimate of drug-likeness (QED) is 0.841. The number of benzene rings is 1. The Morgan fingerprint density at radius 1 is 1.18 bits per heavy atom. The van der Waals surface area contributed by atoms with E-state index in [9.17, 15) is 9.90 Å².